The van der Waals surface area contributed by atoms with Crippen LogP contribution in [0.2, 0.25) is 0 Å². The largest absolute Gasteiger partial charge is 0.378 e. The van der Waals surface area contributed by atoms with E-state index in [9.17, 15) is 14.0 Å². The van der Waals surface area contributed by atoms with Gasteiger partial charge in [-0.15, -0.1) is 0 Å². The Bertz CT molecular complexity index is 634. The molecule has 2 aliphatic rings. The second-order valence-corrected chi connectivity index (χ2v) is 5.70. The maximum Gasteiger partial charge on any atom is 0.276 e. The van der Waals surface area contributed by atoms with Crippen LogP contribution in [-0.4, -0.2) is 57.5 Å². The highest BCUT2D eigenvalue weighted by Crippen LogP contribution is 2.28. The van der Waals surface area contributed by atoms with Crippen LogP contribution in [0.5, 0.6) is 0 Å². The predicted octanol–water partition coefficient (Wildman–Crippen LogP) is 0.488. The number of carbonyl (C=O) groups excluding carboxylic acids is 2. The Kier molecular flexibility index (Phi) is 4.96. The van der Waals surface area contributed by atoms with Gasteiger partial charge < -0.3 is 19.3 Å². The second-order valence-electron chi connectivity index (χ2n) is 5.70. The van der Waals surface area contributed by atoms with E-state index < -0.39 is 18.0 Å². The summed E-state index contributed by atoms with van der Waals surface area (Å²) in [5.41, 5.74) is 1.07. The quantitative estimate of drug-likeness (QED) is 0.866. The zero-order chi connectivity index (χ0) is 17.1. The molecule has 1 atom stereocenters. The summed E-state index contributed by atoms with van der Waals surface area (Å²) in [6.45, 7) is 4.49. The summed E-state index contributed by atoms with van der Waals surface area (Å²) in [5, 5.41) is 2.20. The van der Waals surface area contributed by atoms with Crippen molar-refractivity contribution in [3.05, 3.63) is 24.0 Å². The molecule has 0 spiro atoms. The van der Waals surface area contributed by atoms with E-state index in [1.54, 1.807) is 17.0 Å². The topological polar surface area (TPSA) is 71.1 Å². The van der Waals surface area contributed by atoms with E-state index in [2.05, 4.69) is 5.32 Å². The highest BCUT2D eigenvalue weighted by Gasteiger charge is 2.33. The Morgan fingerprint density at radius 3 is 2.62 bits per heavy atom. The predicted molar refractivity (Wildman–Crippen MR) is 85.3 cm³/mol. The number of nitrogens with one attached hydrogen (secondary N) is 1. The summed E-state index contributed by atoms with van der Waals surface area (Å²) in [4.78, 5) is 26.6. The molecule has 0 aliphatic carbocycles. The third-order valence-corrected chi connectivity index (χ3v) is 4.03. The Morgan fingerprint density at radius 2 is 1.96 bits per heavy atom. The number of rotatable bonds is 3. The van der Waals surface area contributed by atoms with Gasteiger partial charge in [0.1, 0.15) is 5.82 Å². The van der Waals surface area contributed by atoms with Crippen molar-refractivity contribution in [2.45, 2.75) is 13.2 Å². The van der Waals surface area contributed by atoms with Gasteiger partial charge in [0.2, 0.25) is 12.1 Å². The van der Waals surface area contributed by atoms with Crippen molar-refractivity contribution in [2.75, 3.05) is 49.3 Å². The normalized spacial score (nSPS) is 21.0. The maximum atomic E-state index is 14.5. The first kappa shape index (κ1) is 16.7. The number of hydrogen-bond donors (Lipinski definition) is 1. The van der Waals surface area contributed by atoms with Gasteiger partial charge in [0.25, 0.3) is 5.91 Å². The van der Waals surface area contributed by atoms with Crippen LogP contribution in [0.3, 0.4) is 0 Å². The number of halogens is 1. The van der Waals surface area contributed by atoms with Crippen LogP contribution in [0.1, 0.15) is 6.92 Å². The first-order valence-corrected chi connectivity index (χ1v) is 7.88. The van der Waals surface area contributed by atoms with Crippen LogP contribution in [-0.2, 0) is 19.1 Å². The molecule has 2 amide bonds. The Balaban J connectivity index is 1.77. The molecule has 2 aliphatic heterocycles. The molecule has 0 aromatic heterocycles. The van der Waals surface area contributed by atoms with Gasteiger partial charge >= 0.3 is 0 Å². The highest BCUT2D eigenvalue weighted by atomic mass is 19.1. The van der Waals surface area contributed by atoms with Gasteiger partial charge in [-0.3, -0.25) is 14.9 Å². The summed E-state index contributed by atoms with van der Waals surface area (Å²) in [6, 6.07) is 4.86. The van der Waals surface area contributed by atoms with Gasteiger partial charge in [-0.05, 0) is 18.2 Å². The first-order valence-electron chi connectivity index (χ1n) is 7.88. The van der Waals surface area contributed by atoms with Crippen LogP contribution in [0.25, 0.3) is 0 Å². The van der Waals surface area contributed by atoms with Crippen molar-refractivity contribution >= 4 is 23.2 Å². The number of amides is 2. The zero-order valence-corrected chi connectivity index (χ0v) is 13.5. The molecule has 2 saturated heterocycles. The fourth-order valence-corrected chi connectivity index (χ4v) is 2.92. The summed E-state index contributed by atoms with van der Waals surface area (Å²) in [6.07, 6.45) is -0.928. The van der Waals surface area contributed by atoms with Gasteiger partial charge in [0.15, 0.2) is 0 Å². The molecule has 1 aromatic rings. The van der Waals surface area contributed by atoms with Gasteiger partial charge in [-0.1, -0.05) is 0 Å². The van der Waals surface area contributed by atoms with Crippen LogP contribution in [0, 0.1) is 5.82 Å². The maximum absolute atomic E-state index is 14.5. The second kappa shape index (κ2) is 7.14. The van der Waals surface area contributed by atoms with E-state index in [1.165, 1.54) is 13.0 Å². The minimum absolute atomic E-state index is 0.336. The molecule has 8 heteroatoms. The van der Waals surface area contributed by atoms with E-state index in [0.717, 1.165) is 0 Å². The summed E-state index contributed by atoms with van der Waals surface area (Å²) >= 11 is 0. The molecule has 0 radical (unpaired) electrons. The molecular formula is C16H20FN3O4. The Hall–Kier alpha value is -2.19. The lowest BCUT2D eigenvalue weighted by Crippen LogP contribution is -2.45. The molecule has 130 valence electrons. The monoisotopic (exact) mass is 337 g/mol. The summed E-state index contributed by atoms with van der Waals surface area (Å²) < 4.78 is 25.2. The van der Waals surface area contributed by atoms with E-state index >= 15 is 0 Å². The fraction of sp³-hybridized carbons (Fsp3) is 0.500. The molecule has 2 heterocycles. The lowest BCUT2D eigenvalue weighted by Gasteiger charge is -2.30. The minimum atomic E-state index is -0.928. The third-order valence-electron chi connectivity index (χ3n) is 4.03. The number of carbonyl (C=O) groups is 2. The van der Waals surface area contributed by atoms with Crippen LogP contribution in [0.15, 0.2) is 18.2 Å². The Labute approximate surface area is 139 Å². The smallest absolute Gasteiger partial charge is 0.276 e. The van der Waals surface area contributed by atoms with E-state index in [1.807, 2.05) is 4.90 Å². The number of ether oxygens (including phenoxy) is 2. The summed E-state index contributed by atoms with van der Waals surface area (Å²) in [5.74, 6) is -1.35. The van der Waals surface area contributed by atoms with Gasteiger partial charge in [-0.25, -0.2) is 4.39 Å². The molecule has 0 unspecified atom stereocenters. The lowest BCUT2D eigenvalue weighted by molar-refractivity contribution is -0.135. The highest BCUT2D eigenvalue weighted by molar-refractivity contribution is 5.97. The molecule has 1 aromatic carbocycles. The first-order chi connectivity index (χ1) is 11.6. The minimum Gasteiger partial charge on any atom is -0.378 e. The van der Waals surface area contributed by atoms with E-state index in [4.69, 9.17) is 9.47 Å². The summed E-state index contributed by atoms with van der Waals surface area (Å²) in [7, 11) is 0. The molecule has 1 N–H and O–H groups in total. The van der Waals surface area contributed by atoms with Crippen LogP contribution in [0.4, 0.5) is 15.8 Å². The number of anilines is 2. The molecule has 7 nitrogen and oxygen atoms in total. The SMILES string of the molecule is CC(=O)NC(=O)[C@@H]1OCCN1c1ccc(N2CCOCC2)c(F)c1. The van der Waals surface area contributed by atoms with E-state index in [0.29, 0.717) is 50.8 Å². The average Bonchev–Trinajstić information content (AvgIpc) is 3.04. The number of benzene rings is 1. The molecule has 2 fully saturated rings. The van der Waals surface area contributed by atoms with Crippen molar-refractivity contribution in [3.8, 4) is 0 Å². The number of nitrogens with zero attached hydrogens (tertiary/aromatic N) is 2. The molecule has 0 saturated carbocycles. The van der Waals surface area contributed by atoms with Crippen molar-refractivity contribution in [2.24, 2.45) is 0 Å². The van der Waals surface area contributed by atoms with Gasteiger partial charge in [0.05, 0.1) is 25.5 Å². The zero-order valence-electron chi connectivity index (χ0n) is 13.5. The van der Waals surface area contributed by atoms with Crippen LogP contribution >= 0.6 is 0 Å². The molecule has 0 bridgehead atoms. The number of imide groups is 1. The van der Waals surface area contributed by atoms with E-state index in [-0.39, 0.29) is 5.82 Å². The average molecular weight is 337 g/mol. The van der Waals surface area contributed by atoms with Gasteiger partial charge in [-0.2, -0.15) is 0 Å². The fourth-order valence-electron chi connectivity index (χ4n) is 2.92. The van der Waals surface area contributed by atoms with Crippen molar-refractivity contribution in [1.29, 1.82) is 0 Å². The van der Waals surface area contributed by atoms with Crippen molar-refractivity contribution in [1.82, 2.24) is 5.32 Å². The molecule has 3 rings (SSSR count). The third kappa shape index (κ3) is 3.49. The number of hydrogen-bond acceptors (Lipinski definition) is 6. The standard InChI is InChI=1S/C16H20FN3O4/c1-11(21)18-15(22)16-20(6-9-24-16)12-2-3-14(13(17)10-12)19-4-7-23-8-5-19/h2-3,10,16H,4-9H2,1H3,(H,18,21,22)/t16-/m0/s1. The molecular weight excluding hydrogens is 317 g/mol. The lowest BCUT2D eigenvalue weighted by atomic mass is 10.2. The van der Waals surface area contributed by atoms with Crippen molar-refractivity contribution < 1.29 is 23.5 Å². The molecule has 24 heavy (non-hydrogen) atoms. The van der Waals surface area contributed by atoms with Gasteiger partial charge in [0, 0.05) is 32.2 Å². The van der Waals surface area contributed by atoms with Crippen molar-refractivity contribution in [3.63, 3.8) is 0 Å². The van der Waals surface area contributed by atoms with Crippen LogP contribution < -0.4 is 15.1 Å². The Morgan fingerprint density at radius 1 is 1.21 bits per heavy atom. The number of morpholine rings is 1.